The molecule has 5 nitrogen and oxygen atoms in total. The van der Waals surface area contributed by atoms with Crippen molar-refractivity contribution in [2.45, 2.75) is 25.4 Å². The maximum absolute atomic E-state index is 11.8. The third-order valence-electron chi connectivity index (χ3n) is 4.49. The zero-order valence-corrected chi connectivity index (χ0v) is 12.1. The van der Waals surface area contributed by atoms with Crippen LogP contribution in [0.3, 0.4) is 0 Å². The Morgan fingerprint density at radius 1 is 1.52 bits per heavy atom. The van der Waals surface area contributed by atoms with Crippen molar-refractivity contribution in [2.24, 2.45) is 5.92 Å². The van der Waals surface area contributed by atoms with Crippen LogP contribution < -0.4 is 10.1 Å². The fraction of sp³-hybridized carbons (Fsp3) is 0.500. The molecule has 0 aromatic heterocycles. The molecule has 1 aromatic rings. The van der Waals surface area contributed by atoms with Gasteiger partial charge in [0.05, 0.1) is 18.6 Å². The summed E-state index contributed by atoms with van der Waals surface area (Å²) in [4.78, 5) is 14.1. The highest BCUT2D eigenvalue weighted by Gasteiger charge is 2.40. The number of methoxy groups -OCH3 is 1. The molecule has 0 spiro atoms. The largest absolute Gasteiger partial charge is 0.495 e. The highest BCUT2D eigenvalue weighted by molar-refractivity contribution is 5.82. The van der Waals surface area contributed by atoms with Crippen molar-refractivity contribution in [2.75, 3.05) is 20.2 Å². The van der Waals surface area contributed by atoms with Crippen molar-refractivity contribution >= 4 is 5.91 Å². The zero-order valence-electron chi connectivity index (χ0n) is 12.1. The Kier molecular flexibility index (Phi) is 3.80. The van der Waals surface area contributed by atoms with Crippen LogP contribution in [0, 0.1) is 17.2 Å². The van der Waals surface area contributed by atoms with Crippen LogP contribution in [0.5, 0.6) is 5.75 Å². The van der Waals surface area contributed by atoms with Gasteiger partial charge in [-0.3, -0.25) is 9.69 Å². The van der Waals surface area contributed by atoms with Crippen LogP contribution in [0.25, 0.3) is 0 Å². The van der Waals surface area contributed by atoms with Crippen LogP contribution in [-0.2, 0) is 11.3 Å². The van der Waals surface area contributed by atoms with Gasteiger partial charge in [-0.05, 0) is 37.1 Å². The van der Waals surface area contributed by atoms with E-state index in [9.17, 15) is 4.79 Å². The van der Waals surface area contributed by atoms with E-state index in [2.05, 4.69) is 16.3 Å². The molecule has 0 aliphatic carbocycles. The molecule has 1 N–H and O–H groups in total. The van der Waals surface area contributed by atoms with Crippen LogP contribution in [0.2, 0.25) is 0 Å². The van der Waals surface area contributed by atoms with Gasteiger partial charge in [0.15, 0.2) is 0 Å². The number of likely N-dealkylation sites (tertiary alicyclic amines) is 1. The van der Waals surface area contributed by atoms with E-state index < -0.39 is 0 Å². The fourth-order valence-electron chi connectivity index (χ4n) is 3.41. The van der Waals surface area contributed by atoms with Gasteiger partial charge in [0.1, 0.15) is 11.8 Å². The number of ether oxygens (including phenoxy) is 1. The Morgan fingerprint density at radius 2 is 2.38 bits per heavy atom. The van der Waals surface area contributed by atoms with Gasteiger partial charge >= 0.3 is 0 Å². The summed E-state index contributed by atoms with van der Waals surface area (Å²) in [5.74, 6) is 0.931. The third-order valence-corrected chi connectivity index (χ3v) is 4.49. The standard InChI is InChI=1S/C16H19N3O2/c1-21-15-5-4-11(7-12(15)8-17)10-19-6-2-3-13-14(19)9-18-16(13)20/h4-5,7,13-14H,2-3,6,9-10H2,1H3,(H,18,20). The van der Waals surface area contributed by atoms with Gasteiger partial charge in [-0.15, -0.1) is 0 Å². The minimum atomic E-state index is 0.132. The SMILES string of the molecule is COc1ccc(CN2CCCC3C(=O)NCC32)cc1C#N. The maximum Gasteiger partial charge on any atom is 0.224 e. The third kappa shape index (κ3) is 2.59. The van der Waals surface area contributed by atoms with Gasteiger partial charge in [-0.1, -0.05) is 6.07 Å². The van der Waals surface area contributed by atoms with Gasteiger partial charge in [-0.2, -0.15) is 5.26 Å². The Hall–Kier alpha value is -2.06. The first-order valence-electron chi connectivity index (χ1n) is 7.31. The van der Waals surface area contributed by atoms with E-state index in [0.29, 0.717) is 17.4 Å². The number of hydrogen-bond acceptors (Lipinski definition) is 4. The van der Waals surface area contributed by atoms with E-state index in [-0.39, 0.29) is 11.8 Å². The van der Waals surface area contributed by atoms with Crippen molar-refractivity contribution in [1.82, 2.24) is 10.2 Å². The molecule has 21 heavy (non-hydrogen) atoms. The summed E-state index contributed by atoms with van der Waals surface area (Å²) in [7, 11) is 1.57. The lowest BCUT2D eigenvalue weighted by molar-refractivity contribution is -0.124. The number of nitrogens with one attached hydrogen (secondary N) is 1. The second kappa shape index (κ2) is 5.74. The van der Waals surface area contributed by atoms with Crippen molar-refractivity contribution in [3.05, 3.63) is 29.3 Å². The van der Waals surface area contributed by atoms with Gasteiger partial charge < -0.3 is 10.1 Å². The van der Waals surface area contributed by atoms with Gasteiger partial charge in [0.25, 0.3) is 0 Å². The van der Waals surface area contributed by atoms with Crippen molar-refractivity contribution in [3.8, 4) is 11.8 Å². The number of hydrogen-bond donors (Lipinski definition) is 1. The van der Waals surface area contributed by atoms with E-state index in [1.54, 1.807) is 7.11 Å². The number of benzene rings is 1. The van der Waals surface area contributed by atoms with Gasteiger partial charge in [0, 0.05) is 19.1 Å². The normalized spacial score (nSPS) is 25.0. The molecular formula is C16H19N3O2. The molecule has 2 fully saturated rings. The van der Waals surface area contributed by atoms with Crippen LogP contribution in [-0.4, -0.2) is 37.0 Å². The second-order valence-corrected chi connectivity index (χ2v) is 5.68. The number of nitrogens with zero attached hydrogens (tertiary/aromatic N) is 2. The summed E-state index contributed by atoms with van der Waals surface area (Å²) in [6.45, 7) is 2.52. The van der Waals surface area contributed by atoms with Crippen LogP contribution in [0.15, 0.2) is 18.2 Å². The summed E-state index contributed by atoms with van der Waals surface area (Å²) in [6, 6.07) is 8.17. The lowest BCUT2D eigenvalue weighted by Gasteiger charge is -2.35. The lowest BCUT2D eigenvalue weighted by Crippen LogP contribution is -2.44. The first kappa shape index (κ1) is 13.9. The lowest BCUT2D eigenvalue weighted by atomic mass is 9.91. The number of piperidine rings is 1. The topological polar surface area (TPSA) is 65.4 Å². The minimum absolute atomic E-state index is 0.132. The Labute approximate surface area is 124 Å². The van der Waals surface area contributed by atoms with E-state index in [0.717, 1.165) is 38.0 Å². The molecule has 2 atom stereocenters. The molecule has 5 heteroatoms. The average Bonchev–Trinajstić information content (AvgIpc) is 2.90. The van der Waals surface area contributed by atoms with E-state index >= 15 is 0 Å². The minimum Gasteiger partial charge on any atom is -0.495 e. The van der Waals surface area contributed by atoms with Gasteiger partial charge in [0.2, 0.25) is 5.91 Å². The van der Waals surface area contributed by atoms with Crippen LogP contribution in [0.4, 0.5) is 0 Å². The molecule has 2 heterocycles. The molecule has 3 rings (SSSR count). The molecule has 1 aromatic carbocycles. The van der Waals surface area contributed by atoms with Crippen LogP contribution >= 0.6 is 0 Å². The molecule has 2 aliphatic rings. The van der Waals surface area contributed by atoms with Crippen molar-refractivity contribution < 1.29 is 9.53 Å². The average molecular weight is 285 g/mol. The summed E-state index contributed by atoms with van der Waals surface area (Å²) < 4.78 is 5.17. The van der Waals surface area contributed by atoms with E-state index in [1.165, 1.54) is 0 Å². The van der Waals surface area contributed by atoms with E-state index in [1.807, 2.05) is 18.2 Å². The highest BCUT2D eigenvalue weighted by atomic mass is 16.5. The second-order valence-electron chi connectivity index (χ2n) is 5.68. The summed E-state index contributed by atoms with van der Waals surface area (Å²) in [5.41, 5.74) is 1.65. The first-order valence-corrected chi connectivity index (χ1v) is 7.31. The summed E-state index contributed by atoms with van der Waals surface area (Å²) >= 11 is 0. The predicted octanol–water partition coefficient (Wildman–Crippen LogP) is 1.28. The maximum atomic E-state index is 11.8. The number of fused-ring (bicyclic) bond motifs is 1. The molecular weight excluding hydrogens is 266 g/mol. The van der Waals surface area contributed by atoms with Crippen molar-refractivity contribution in [3.63, 3.8) is 0 Å². The molecule has 110 valence electrons. The fourth-order valence-corrected chi connectivity index (χ4v) is 3.41. The summed E-state index contributed by atoms with van der Waals surface area (Å²) in [6.07, 6.45) is 2.04. The highest BCUT2D eigenvalue weighted by Crippen LogP contribution is 2.29. The van der Waals surface area contributed by atoms with Crippen LogP contribution in [0.1, 0.15) is 24.0 Å². The molecule has 0 saturated carbocycles. The zero-order chi connectivity index (χ0) is 14.8. The molecule has 0 radical (unpaired) electrons. The number of carbonyl (C=O) groups is 1. The van der Waals surface area contributed by atoms with Gasteiger partial charge in [-0.25, -0.2) is 0 Å². The number of rotatable bonds is 3. The number of carbonyl (C=O) groups excluding carboxylic acids is 1. The number of nitriles is 1. The Bertz CT molecular complexity index is 594. The molecule has 1 amide bonds. The first-order chi connectivity index (χ1) is 10.2. The Morgan fingerprint density at radius 3 is 3.14 bits per heavy atom. The smallest absolute Gasteiger partial charge is 0.224 e. The summed E-state index contributed by atoms with van der Waals surface area (Å²) in [5, 5.41) is 12.1. The van der Waals surface area contributed by atoms with E-state index in [4.69, 9.17) is 10.00 Å². The predicted molar refractivity (Wildman–Crippen MR) is 77.6 cm³/mol. The quantitative estimate of drug-likeness (QED) is 0.908. The number of amides is 1. The molecule has 2 saturated heterocycles. The van der Waals surface area contributed by atoms with Crippen molar-refractivity contribution in [1.29, 1.82) is 5.26 Å². The molecule has 0 bridgehead atoms. The monoisotopic (exact) mass is 285 g/mol. The Balaban J connectivity index is 1.77. The molecule has 2 aliphatic heterocycles. The molecule has 2 unspecified atom stereocenters.